The Morgan fingerprint density at radius 3 is 2.94 bits per heavy atom. The molecule has 0 aromatic carbocycles. The fourth-order valence-electron chi connectivity index (χ4n) is 1.89. The minimum absolute atomic E-state index is 0.744. The molecule has 0 spiro atoms. The lowest BCUT2D eigenvalue weighted by molar-refractivity contribution is 0.591. The molecular weight excluding hydrogens is 212 g/mol. The van der Waals surface area contributed by atoms with E-state index in [1.165, 1.54) is 0 Å². The molecule has 88 valence electrons. The molecule has 0 fully saturated rings. The third-order valence-electron chi connectivity index (χ3n) is 2.82. The number of nitriles is 1. The van der Waals surface area contributed by atoms with Crippen LogP contribution in [0.3, 0.4) is 0 Å². The molecule has 17 heavy (non-hydrogen) atoms. The van der Waals surface area contributed by atoms with E-state index in [-0.39, 0.29) is 0 Å². The molecular formula is C13H16N4. The van der Waals surface area contributed by atoms with Crippen LogP contribution in [0.5, 0.6) is 0 Å². The minimum Gasteiger partial charge on any atom is -0.335 e. The summed E-state index contributed by atoms with van der Waals surface area (Å²) in [6, 6.07) is 6.16. The van der Waals surface area contributed by atoms with E-state index in [2.05, 4.69) is 22.5 Å². The molecule has 4 nitrogen and oxygen atoms in total. The van der Waals surface area contributed by atoms with Crippen LogP contribution in [0.4, 0.5) is 0 Å². The maximum atomic E-state index is 9.07. The highest BCUT2D eigenvalue weighted by molar-refractivity contribution is 5.27. The smallest absolute Gasteiger partial charge is 0.120 e. The minimum atomic E-state index is 0.744. The standard InChI is InChI=1S/C13H16N4/c1-2-3-7-17-12(9-14)4-5-13(17)10-16-8-6-15-11-16/h4-6,8,11H,2-3,7,10H2,1H3. The molecule has 0 saturated carbocycles. The molecule has 0 amide bonds. The lowest BCUT2D eigenvalue weighted by Gasteiger charge is -2.10. The Bertz CT molecular complexity index is 502. The maximum Gasteiger partial charge on any atom is 0.120 e. The van der Waals surface area contributed by atoms with E-state index < -0.39 is 0 Å². The Morgan fingerprint density at radius 2 is 2.29 bits per heavy atom. The van der Waals surface area contributed by atoms with E-state index in [1.54, 1.807) is 12.5 Å². The van der Waals surface area contributed by atoms with Crippen LogP contribution >= 0.6 is 0 Å². The number of hydrogen-bond acceptors (Lipinski definition) is 2. The summed E-state index contributed by atoms with van der Waals surface area (Å²) in [5, 5.41) is 9.07. The number of hydrogen-bond donors (Lipinski definition) is 0. The van der Waals surface area contributed by atoms with Gasteiger partial charge in [-0.15, -0.1) is 0 Å². The third-order valence-corrected chi connectivity index (χ3v) is 2.82. The van der Waals surface area contributed by atoms with Gasteiger partial charge in [0.25, 0.3) is 0 Å². The zero-order valence-corrected chi connectivity index (χ0v) is 10.0. The van der Waals surface area contributed by atoms with Gasteiger partial charge < -0.3 is 9.13 Å². The number of nitrogens with zero attached hydrogens (tertiary/aromatic N) is 4. The first-order valence-corrected chi connectivity index (χ1v) is 5.89. The summed E-state index contributed by atoms with van der Waals surface area (Å²) in [7, 11) is 0. The molecule has 0 aliphatic heterocycles. The summed E-state index contributed by atoms with van der Waals surface area (Å²) >= 11 is 0. The number of aromatic nitrogens is 3. The van der Waals surface area contributed by atoms with Crippen molar-refractivity contribution >= 4 is 0 Å². The predicted molar refractivity (Wildman–Crippen MR) is 65.4 cm³/mol. The number of imidazole rings is 1. The molecule has 2 rings (SSSR count). The maximum absolute atomic E-state index is 9.07. The van der Waals surface area contributed by atoms with Gasteiger partial charge >= 0.3 is 0 Å². The molecule has 0 saturated heterocycles. The molecule has 0 N–H and O–H groups in total. The topological polar surface area (TPSA) is 46.5 Å². The van der Waals surface area contributed by atoms with Gasteiger partial charge in [-0.3, -0.25) is 0 Å². The Labute approximate surface area is 101 Å². The Morgan fingerprint density at radius 1 is 1.41 bits per heavy atom. The average molecular weight is 228 g/mol. The van der Waals surface area contributed by atoms with Crippen LogP contribution in [0.25, 0.3) is 0 Å². The van der Waals surface area contributed by atoms with E-state index in [1.807, 2.05) is 22.9 Å². The van der Waals surface area contributed by atoms with Crippen LogP contribution in [0.1, 0.15) is 31.2 Å². The molecule has 4 heteroatoms. The fourth-order valence-corrected chi connectivity index (χ4v) is 1.89. The van der Waals surface area contributed by atoms with Crippen LogP contribution in [-0.2, 0) is 13.1 Å². The van der Waals surface area contributed by atoms with Crippen LogP contribution < -0.4 is 0 Å². The Balaban J connectivity index is 2.21. The van der Waals surface area contributed by atoms with Crippen molar-refractivity contribution in [2.24, 2.45) is 0 Å². The molecule has 0 aliphatic carbocycles. The second-order valence-electron chi connectivity index (χ2n) is 4.06. The lowest BCUT2D eigenvalue weighted by atomic mass is 10.3. The van der Waals surface area contributed by atoms with E-state index in [0.29, 0.717) is 0 Å². The van der Waals surface area contributed by atoms with Gasteiger partial charge in [0, 0.05) is 24.6 Å². The normalized spacial score (nSPS) is 10.4. The molecule has 0 radical (unpaired) electrons. The average Bonchev–Trinajstić information content (AvgIpc) is 2.97. The zero-order valence-electron chi connectivity index (χ0n) is 10.0. The van der Waals surface area contributed by atoms with Gasteiger partial charge in [-0.2, -0.15) is 5.26 Å². The van der Waals surface area contributed by atoms with Crippen molar-refractivity contribution in [2.45, 2.75) is 32.9 Å². The van der Waals surface area contributed by atoms with Crippen molar-refractivity contribution in [3.8, 4) is 6.07 Å². The Kier molecular flexibility index (Phi) is 3.61. The van der Waals surface area contributed by atoms with Crippen molar-refractivity contribution in [1.29, 1.82) is 5.26 Å². The van der Waals surface area contributed by atoms with Crippen LogP contribution in [0.2, 0.25) is 0 Å². The third kappa shape index (κ3) is 2.56. The fraction of sp³-hybridized carbons (Fsp3) is 0.385. The highest BCUT2D eigenvalue weighted by Crippen LogP contribution is 2.12. The van der Waals surface area contributed by atoms with Crippen LogP contribution in [-0.4, -0.2) is 14.1 Å². The number of unbranched alkanes of at least 4 members (excludes halogenated alkanes) is 1. The van der Waals surface area contributed by atoms with E-state index in [9.17, 15) is 0 Å². The van der Waals surface area contributed by atoms with Gasteiger partial charge in [0.2, 0.25) is 0 Å². The molecule has 2 aromatic rings. The largest absolute Gasteiger partial charge is 0.335 e. The molecule has 0 unspecified atom stereocenters. The lowest BCUT2D eigenvalue weighted by Crippen LogP contribution is -2.08. The highest BCUT2D eigenvalue weighted by atomic mass is 15.1. The van der Waals surface area contributed by atoms with Gasteiger partial charge in [-0.05, 0) is 18.6 Å². The first kappa shape index (κ1) is 11.5. The summed E-state index contributed by atoms with van der Waals surface area (Å²) in [5.41, 5.74) is 1.90. The summed E-state index contributed by atoms with van der Waals surface area (Å²) < 4.78 is 4.11. The van der Waals surface area contributed by atoms with Gasteiger partial charge in [0.1, 0.15) is 11.8 Å². The van der Waals surface area contributed by atoms with Crippen molar-refractivity contribution in [1.82, 2.24) is 14.1 Å². The van der Waals surface area contributed by atoms with E-state index in [0.717, 1.165) is 37.3 Å². The monoisotopic (exact) mass is 228 g/mol. The second kappa shape index (κ2) is 5.35. The van der Waals surface area contributed by atoms with E-state index >= 15 is 0 Å². The van der Waals surface area contributed by atoms with E-state index in [4.69, 9.17) is 5.26 Å². The van der Waals surface area contributed by atoms with Crippen molar-refractivity contribution in [2.75, 3.05) is 0 Å². The molecule has 0 aliphatic rings. The predicted octanol–water partition coefficient (Wildman–Crippen LogP) is 2.40. The first-order chi connectivity index (χ1) is 8.35. The SMILES string of the molecule is CCCCn1c(C#N)ccc1Cn1ccnc1. The van der Waals surface area contributed by atoms with Gasteiger partial charge in [0.05, 0.1) is 12.9 Å². The quantitative estimate of drug-likeness (QED) is 0.789. The molecule has 2 heterocycles. The number of rotatable bonds is 5. The van der Waals surface area contributed by atoms with Gasteiger partial charge in [-0.1, -0.05) is 13.3 Å². The summed E-state index contributed by atoms with van der Waals surface area (Å²) in [6.45, 7) is 3.84. The van der Waals surface area contributed by atoms with Crippen molar-refractivity contribution in [3.63, 3.8) is 0 Å². The van der Waals surface area contributed by atoms with Crippen LogP contribution in [0, 0.1) is 11.3 Å². The molecule has 2 aromatic heterocycles. The Hall–Kier alpha value is -2.02. The molecule has 0 atom stereocenters. The second-order valence-corrected chi connectivity index (χ2v) is 4.06. The first-order valence-electron chi connectivity index (χ1n) is 5.89. The zero-order chi connectivity index (χ0) is 12.1. The highest BCUT2D eigenvalue weighted by Gasteiger charge is 2.07. The van der Waals surface area contributed by atoms with Crippen molar-refractivity contribution < 1.29 is 0 Å². The van der Waals surface area contributed by atoms with Gasteiger partial charge in [0.15, 0.2) is 0 Å². The summed E-state index contributed by atoms with van der Waals surface area (Å²) in [6.07, 6.45) is 7.73. The summed E-state index contributed by atoms with van der Waals surface area (Å²) in [5.74, 6) is 0. The van der Waals surface area contributed by atoms with Crippen LogP contribution in [0.15, 0.2) is 30.9 Å². The van der Waals surface area contributed by atoms with Crippen molar-refractivity contribution in [3.05, 3.63) is 42.2 Å². The summed E-state index contributed by atoms with van der Waals surface area (Å²) in [4.78, 5) is 4.03. The van der Waals surface area contributed by atoms with Gasteiger partial charge in [-0.25, -0.2) is 4.98 Å². The molecule has 0 bridgehead atoms.